The number of aromatic nitrogens is 2. The number of thiocarbonyl (C=S) groups is 1. The lowest BCUT2D eigenvalue weighted by Crippen LogP contribution is -2.47. The van der Waals surface area contributed by atoms with E-state index in [0.717, 1.165) is 44.4 Å². The Morgan fingerprint density at radius 3 is 2.26 bits per heavy atom. The molecule has 5 rings (SSSR count). The van der Waals surface area contributed by atoms with Crippen LogP contribution in [0.15, 0.2) is 36.4 Å². The van der Waals surface area contributed by atoms with Crippen LogP contribution in [0.3, 0.4) is 0 Å². The number of hydrogen-bond acceptors (Lipinski definition) is 6. The Hall–Kier alpha value is -2.61. The third kappa shape index (κ3) is 5.54. The fourth-order valence-electron chi connectivity index (χ4n) is 5.45. The number of para-hydroxylation sites is 1. The van der Waals surface area contributed by atoms with Crippen molar-refractivity contribution in [2.45, 2.75) is 64.0 Å². The highest BCUT2D eigenvalue weighted by Gasteiger charge is 2.24. The summed E-state index contributed by atoms with van der Waals surface area (Å²) in [6.07, 6.45) is 8.63. The summed E-state index contributed by atoms with van der Waals surface area (Å²) in [5.41, 5.74) is 1.29. The minimum atomic E-state index is 0.468. The van der Waals surface area contributed by atoms with Gasteiger partial charge in [-0.2, -0.15) is 9.97 Å². The van der Waals surface area contributed by atoms with E-state index in [1.54, 1.807) is 0 Å². The second-order valence-electron chi connectivity index (χ2n) is 9.84. The van der Waals surface area contributed by atoms with Crippen LogP contribution in [-0.2, 0) is 0 Å². The summed E-state index contributed by atoms with van der Waals surface area (Å²) in [5.74, 6) is 2.60. The number of nitrogens with zero attached hydrogens (tertiary/aromatic N) is 5. The molecule has 34 heavy (non-hydrogen) atoms. The Labute approximate surface area is 208 Å². The summed E-state index contributed by atoms with van der Waals surface area (Å²) >= 11 is 5.63. The summed E-state index contributed by atoms with van der Waals surface area (Å²) in [7, 11) is 0. The lowest BCUT2D eigenvalue weighted by Gasteiger charge is -2.38. The van der Waals surface area contributed by atoms with Crippen molar-refractivity contribution in [3.8, 4) is 0 Å². The highest BCUT2D eigenvalue weighted by Crippen LogP contribution is 2.28. The first-order chi connectivity index (χ1) is 16.7. The third-order valence-corrected chi connectivity index (χ3v) is 7.66. The van der Waals surface area contributed by atoms with Gasteiger partial charge in [0.15, 0.2) is 5.11 Å². The van der Waals surface area contributed by atoms with E-state index in [2.05, 4.69) is 68.7 Å². The maximum absolute atomic E-state index is 5.63. The van der Waals surface area contributed by atoms with E-state index in [4.69, 9.17) is 22.2 Å². The molecule has 1 aromatic heterocycles. The monoisotopic (exact) mass is 479 g/mol. The normalized spacial score (nSPS) is 21.6. The lowest BCUT2D eigenvalue weighted by atomic mass is 10.0. The minimum absolute atomic E-state index is 0.468. The molecule has 3 fully saturated rings. The van der Waals surface area contributed by atoms with Gasteiger partial charge in [0, 0.05) is 56.6 Å². The molecule has 0 spiro atoms. The molecule has 0 amide bonds. The van der Waals surface area contributed by atoms with Gasteiger partial charge in [-0.25, -0.2) is 0 Å². The molecule has 3 heterocycles. The van der Waals surface area contributed by atoms with Crippen LogP contribution in [0.1, 0.15) is 51.9 Å². The molecule has 0 bridgehead atoms. The van der Waals surface area contributed by atoms with Crippen LogP contribution in [-0.4, -0.2) is 59.9 Å². The van der Waals surface area contributed by atoms with Gasteiger partial charge in [0.05, 0.1) is 0 Å². The zero-order chi connectivity index (χ0) is 23.3. The minimum Gasteiger partial charge on any atom is -0.368 e. The first-order valence-electron chi connectivity index (χ1n) is 12.9. The highest BCUT2D eigenvalue weighted by atomic mass is 32.1. The van der Waals surface area contributed by atoms with Gasteiger partial charge in [0.25, 0.3) is 0 Å². The van der Waals surface area contributed by atoms with Crippen molar-refractivity contribution in [3.05, 3.63) is 36.4 Å². The Morgan fingerprint density at radius 2 is 1.53 bits per heavy atom. The lowest BCUT2D eigenvalue weighted by molar-refractivity contribution is 0.481. The van der Waals surface area contributed by atoms with E-state index in [1.165, 1.54) is 50.6 Å². The smallest absolute Gasteiger partial charge is 0.232 e. The number of rotatable bonds is 5. The standard InChI is InChI=1S/C26H37N7S/c1-20-9-7-8-14-33(20)24-19-23(28-25(29-24)30-26(34)27-21-10-5-6-11-21)32-17-15-31(16-18-32)22-12-3-2-4-13-22/h2-4,12-13,19-21H,5-11,14-18H2,1H3,(H2,27,28,29,30,34). The maximum atomic E-state index is 5.63. The van der Waals surface area contributed by atoms with Crippen LogP contribution in [0.5, 0.6) is 0 Å². The molecular formula is C26H37N7S. The number of nitrogens with one attached hydrogen (secondary N) is 2. The van der Waals surface area contributed by atoms with Crippen LogP contribution in [0.4, 0.5) is 23.3 Å². The SMILES string of the molecule is CC1CCCCN1c1cc(N2CCN(c3ccccc3)CC2)nc(NC(=S)NC2CCCC2)n1. The maximum Gasteiger partial charge on any atom is 0.232 e. The molecule has 1 atom stereocenters. The molecule has 2 saturated heterocycles. The van der Waals surface area contributed by atoms with E-state index in [0.29, 0.717) is 23.1 Å². The molecule has 7 nitrogen and oxygen atoms in total. The van der Waals surface area contributed by atoms with Crippen molar-refractivity contribution in [2.24, 2.45) is 0 Å². The largest absolute Gasteiger partial charge is 0.368 e. The van der Waals surface area contributed by atoms with E-state index in [1.807, 2.05) is 0 Å². The summed E-state index contributed by atoms with van der Waals surface area (Å²) in [5, 5.41) is 7.41. The Bertz CT molecular complexity index is 955. The van der Waals surface area contributed by atoms with Crippen LogP contribution < -0.4 is 25.3 Å². The number of piperidine rings is 1. The van der Waals surface area contributed by atoms with Gasteiger partial charge in [-0.05, 0) is 63.4 Å². The fourth-order valence-corrected chi connectivity index (χ4v) is 5.71. The van der Waals surface area contributed by atoms with Crippen molar-refractivity contribution >= 4 is 40.6 Å². The molecule has 1 aliphatic carbocycles. The number of hydrogen-bond donors (Lipinski definition) is 2. The predicted octanol–water partition coefficient (Wildman–Crippen LogP) is 4.41. The number of benzene rings is 1. The van der Waals surface area contributed by atoms with Crippen molar-refractivity contribution < 1.29 is 0 Å². The summed E-state index contributed by atoms with van der Waals surface area (Å²) < 4.78 is 0. The Morgan fingerprint density at radius 1 is 0.853 bits per heavy atom. The fraction of sp³-hybridized carbons (Fsp3) is 0.577. The quantitative estimate of drug-likeness (QED) is 0.612. The van der Waals surface area contributed by atoms with E-state index < -0.39 is 0 Å². The van der Waals surface area contributed by atoms with Gasteiger partial charge in [-0.3, -0.25) is 0 Å². The summed E-state index contributed by atoms with van der Waals surface area (Å²) in [4.78, 5) is 17.1. The molecule has 3 aliphatic rings. The average Bonchev–Trinajstić information content (AvgIpc) is 3.37. The second-order valence-corrected chi connectivity index (χ2v) is 10.2. The predicted molar refractivity (Wildman–Crippen MR) is 145 cm³/mol. The van der Waals surface area contributed by atoms with Crippen molar-refractivity contribution in [1.29, 1.82) is 0 Å². The van der Waals surface area contributed by atoms with E-state index in [9.17, 15) is 0 Å². The van der Waals surface area contributed by atoms with E-state index in [-0.39, 0.29) is 0 Å². The molecule has 2 N–H and O–H groups in total. The van der Waals surface area contributed by atoms with Crippen LogP contribution >= 0.6 is 12.2 Å². The molecule has 1 unspecified atom stereocenters. The van der Waals surface area contributed by atoms with Gasteiger partial charge in [-0.1, -0.05) is 31.0 Å². The number of piperazine rings is 1. The van der Waals surface area contributed by atoms with E-state index >= 15 is 0 Å². The van der Waals surface area contributed by atoms with Gasteiger partial charge in [-0.15, -0.1) is 0 Å². The van der Waals surface area contributed by atoms with Gasteiger partial charge >= 0.3 is 0 Å². The first kappa shape index (κ1) is 23.1. The molecule has 0 radical (unpaired) electrons. The molecule has 2 aliphatic heterocycles. The third-order valence-electron chi connectivity index (χ3n) is 7.44. The zero-order valence-corrected chi connectivity index (χ0v) is 21.1. The van der Waals surface area contributed by atoms with Gasteiger partial charge in [0.1, 0.15) is 11.6 Å². The highest BCUT2D eigenvalue weighted by molar-refractivity contribution is 7.80. The molecule has 2 aromatic rings. The molecule has 1 aromatic carbocycles. The van der Waals surface area contributed by atoms with Crippen LogP contribution in [0.25, 0.3) is 0 Å². The van der Waals surface area contributed by atoms with Crippen LogP contribution in [0.2, 0.25) is 0 Å². The van der Waals surface area contributed by atoms with Gasteiger partial charge in [0.2, 0.25) is 5.95 Å². The molecule has 8 heteroatoms. The van der Waals surface area contributed by atoms with Crippen molar-refractivity contribution in [1.82, 2.24) is 15.3 Å². The summed E-state index contributed by atoms with van der Waals surface area (Å²) in [6, 6.07) is 13.8. The summed E-state index contributed by atoms with van der Waals surface area (Å²) in [6.45, 7) is 7.18. The first-order valence-corrected chi connectivity index (χ1v) is 13.3. The molecule has 1 saturated carbocycles. The topological polar surface area (TPSA) is 59.6 Å². The Kier molecular flexibility index (Phi) is 7.33. The molecular weight excluding hydrogens is 442 g/mol. The molecule has 182 valence electrons. The Balaban J connectivity index is 1.33. The van der Waals surface area contributed by atoms with Gasteiger partial charge < -0.3 is 25.3 Å². The average molecular weight is 480 g/mol. The number of anilines is 4. The van der Waals surface area contributed by atoms with Crippen LogP contribution in [0, 0.1) is 0 Å². The van der Waals surface area contributed by atoms with Crippen molar-refractivity contribution in [3.63, 3.8) is 0 Å². The zero-order valence-electron chi connectivity index (χ0n) is 20.2. The second kappa shape index (κ2) is 10.8. The van der Waals surface area contributed by atoms with Crippen molar-refractivity contribution in [2.75, 3.05) is 52.7 Å².